The number of amides is 1. The molecule has 0 spiro atoms. The lowest BCUT2D eigenvalue weighted by molar-refractivity contribution is 0.0741. The normalized spacial score (nSPS) is 14.8. The molecule has 3 aromatic rings. The third-order valence-corrected chi connectivity index (χ3v) is 5.57. The summed E-state index contributed by atoms with van der Waals surface area (Å²) in [6.07, 6.45) is 1.08. The maximum atomic E-state index is 12.9. The molecule has 30 heavy (non-hydrogen) atoms. The van der Waals surface area contributed by atoms with E-state index in [4.69, 9.17) is 5.73 Å². The number of rotatable bonds is 4. The predicted molar refractivity (Wildman–Crippen MR) is 116 cm³/mol. The summed E-state index contributed by atoms with van der Waals surface area (Å²) in [5.41, 5.74) is 7.84. The van der Waals surface area contributed by atoms with Crippen molar-refractivity contribution in [3.05, 3.63) is 52.4 Å². The van der Waals surface area contributed by atoms with Crippen LogP contribution in [0.5, 0.6) is 0 Å². The average Bonchev–Trinajstić information content (AvgIpc) is 3.11. The number of anilines is 3. The Morgan fingerprint density at radius 3 is 2.50 bits per heavy atom. The van der Waals surface area contributed by atoms with E-state index >= 15 is 0 Å². The van der Waals surface area contributed by atoms with Crippen molar-refractivity contribution in [1.29, 1.82) is 0 Å². The maximum Gasteiger partial charge on any atom is 0.270 e. The summed E-state index contributed by atoms with van der Waals surface area (Å²) < 4.78 is 25.3. The summed E-state index contributed by atoms with van der Waals surface area (Å²) in [5, 5.41) is 0.736. The highest BCUT2D eigenvalue weighted by atomic mass is 32.2. The highest BCUT2D eigenvalue weighted by Crippen LogP contribution is 2.23. The standard InChI is InChI=1S/C19H22N6O4S/c1-30(28,29)23-13-2-4-15-12(10-13)11-16(21-15)19(27)25-8-6-24(7-9-25)18-14(20)3-5-17(26)22-18/h2-5,10-11,21,23H,6-9,20H2,1H3,(H,22,26). The highest BCUT2D eigenvalue weighted by molar-refractivity contribution is 7.92. The molecular weight excluding hydrogens is 408 g/mol. The van der Waals surface area contributed by atoms with Crippen LogP contribution in [-0.2, 0) is 10.0 Å². The van der Waals surface area contributed by atoms with Crippen LogP contribution in [-0.4, -0.2) is 61.6 Å². The molecule has 1 aliphatic heterocycles. The second-order valence-corrected chi connectivity index (χ2v) is 9.01. The molecule has 4 rings (SSSR count). The van der Waals surface area contributed by atoms with E-state index in [2.05, 4.69) is 14.7 Å². The van der Waals surface area contributed by atoms with Gasteiger partial charge in [0.15, 0.2) is 0 Å². The zero-order chi connectivity index (χ0) is 21.5. The number of benzene rings is 1. The van der Waals surface area contributed by atoms with Gasteiger partial charge in [-0.3, -0.25) is 14.3 Å². The molecule has 1 saturated heterocycles. The summed E-state index contributed by atoms with van der Waals surface area (Å²) in [6.45, 7) is 2.04. The lowest BCUT2D eigenvalue weighted by Gasteiger charge is -2.35. The number of sulfonamides is 1. The monoisotopic (exact) mass is 430 g/mol. The van der Waals surface area contributed by atoms with Crippen molar-refractivity contribution in [2.24, 2.45) is 0 Å². The van der Waals surface area contributed by atoms with Gasteiger partial charge in [0.05, 0.1) is 11.9 Å². The number of nitrogens with one attached hydrogen (secondary N) is 3. The number of hydrogen-bond acceptors (Lipinski definition) is 6. The van der Waals surface area contributed by atoms with Crippen LogP contribution < -0.4 is 20.9 Å². The smallest absolute Gasteiger partial charge is 0.270 e. The molecule has 3 heterocycles. The quantitative estimate of drug-likeness (QED) is 0.481. The van der Waals surface area contributed by atoms with Gasteiger partial charge in [-0.15, -0.1) is 0 Å². The average molecular weight is 430 g/mol. The van der Waals surface area contributed by atoms with Crippen molar-refractivity contribution in [1.82, 2.24) is 14.9 Å². The van der Waals surface area contributed by atoms with Crippen LogP contribution >= 0.6 is 0 Å². The molecule has 1 aromatic carbocycles. The van der Waals surface area contributed by atoms with Crippen LogP contribution in [0.3, 0.4) is 0 Å². The molecule has 10 nitrogen and oxygen atoms in total. The lowest BCUT2D eigenvalue weighted by Crippen LogP contribution is -2.49. The molecule has 158 valence electrons. The molecular formula is C19H22N6O4S. The number of piperazine rings is 1. The van der Waals surface area contributed by atoms with Gasteiger partial charge in [-0.1, -0.05) is 0 Å². The molecule has 1 aliphatic rings. The van der Waals surface area contributed by atoms with Crippen LogP contribution in [0.25, 0.3) is 10.9 Å². The molecule has 0 unspecified atom stereocenters. The molecule has 1 amide bonds. The summed E-state index contributed by atoms with van der Waals surface area (Å²) in [4.78, 5) is 34.0. The second-order valence-electron chi connectivity index (χ2n) is 7.27. The van der Waals surface area contributed by atoms with Crippen molar-refractivity contribution < 1.29 is 13.2 Å². The molecule has 0 radical (unpaired) electrons. The Bertz CT molecular complexity index is 1270. The number of aromatic amines is 2. The summed E-state index contributed by atoms with van der Waals surface area (Å²) in [7, 11) is -3.38. The number of pyridine rings is 1. The van der Waals surface area contributed by atoms with Gasteiger partial charge < -0.3 is 25.5 Å². The fraction of sp³-hybridized carbons (Fsp3) is 0.263. The number of carbonyl (C=O) groups excluding carboxylic acids is 1. The molecule has 5 N–H and O–H groups in total. The van der Waals surface area contributed by atoms with Gasteiger partial charge in [0, 0.05) is 48.8 Å². The van der Waals surface area contributed by atoms with Crippen LogP contribution in [0.15, 0.2) is 41.2 Å². The number of nitrogens with zero attached hydrogens (tertiary/aromatic N) is 2. The Hall–Kier alpha value is -3.47. The summed E-state index contributed by atoms with van der Waals surface area (Å²) in [6, 6.07) is 9.71. The number of fused-ring (bicyclic) bond motifs is 1. The van der Waals surface area contributed by atoms with Crippen molar-refractivity contribution in [2.45, 2.75) is 0 Å². The van der Waals surface area contributed by atoms with Crippen molar-refractivity contribution >= 4 is 44.0 Å². The van der Waals surface area contributed by atoms with Crippen LogP contribution in [0.1, 0.15) is 10.5 Å². The zero-order valence-electron chi connectivity index (χ0n) is 16.3. The molecule has 1 fully saturated rings. The predicted octanol–water partition coefficient (Wildman–Crippen LogP) is 0.772. The van der Waals surface area contributed by atoms with Gasteiger partial charge in [0.25, 0.3) is 5.91 Å². The van der Waals surface area contributed by atoms with Gasteiger partial charge in [0.1, 0.15) is 11.5 Å². The molecule has 0 saturated carbocycles. The van der Waals surface area contributed by atoms with Crippen molar-refractivity contribution in [2.75, 3.05) is 47.8 Å². The molecule has 0 bridgehead atoms. The van der Waals surface area contributed by atoms with E-state index in [-0.39, 0.29) is 11.5 Å². The Balaban J connectivity index is 1.48. The van der Waals surface area contributed by atoms with Crippen LogP contribution in [0.4, 0.5) is 17.2 Å². The summed E-state index contributed by atoms with van der Waals surface area (Å²) in [5.74, 6) is 0.434. The molecule has 2 aromatic heterocycles. The Morgan fingerprint density at radius 1 is 1.07 bits per heavy atom. The van der Waals surface area contributed by atoms with E-state index in [1.165, 1.54) is 6.07 Å². The maximum absolute atomic E-state index is 12.9. The minimum atomic E-state index is -3.38. The third-order valence-electron chi connectivity index (χ3n) is 4.97. The summed E-state index contributed by atoms with van der Waals surface area (Å²) >= 11 is 0. The molecule has 0 atom stereocenters. The van der Waals surface area contributed by atoms with Gasteiger partial charge in [-0.2, -0.15) is 0 Å². The molecule has 11 heteroatoms. The largest absolute Gasteiger partial charge is 0.396 e. The first-order chi connectivity index (χ1) is 14.2. The van der Waals surface area contributed by atoms with E-state index < -0.39 is 10.0 Å². The number of nitrogen functional groups attached to an aromatic ring is 1. The Labute approximate surface area is 172 Å². The van der Waals surface area contributed by atoms with Gasteiger partial charge in [0.2, 0.25) is 15.6 Å². The number of nitrogens with two attached hydrogens (primary N) is 1. The molecule has 0 aliphatic carbocycles. The zero-order valence-corrected chi connectivity index (χ0v) is 17.1. The first-order valence-corrected chi connectivity index (χ1v) is 11.2. The van der Waals surface area contributed by atoms with Gasteiger partial charge in [-0.25, -0.2) is 8.42 Å². The fourth-order valence-corrected chi connectivity index (χ4v) is 4.12. The van der Waals surface area contributed by atoms with Crippen molar-refractivity contribution in [3.63, 3.8) is 0 Å². The lowest BCUT2D eigenvalue weighted by atomic mass is 10.2. The van der Waals surface area contributed by atoms with E-state index in [9.17, 15) is 18.0 Å². The Morgan fingerprint density at radius 2 is 1.80 bits per heavy atom. The Kier molecular flexibility index (Phi) is 4.90. The number of hydrogen-bond donors (Lipinski definition) is 4. The number of carbonyl (C=O) groups is 1. The van der Waals surface area contributed by atoms with E-state index in [0.29, 0.717) is 49.1 Å². The second kappa shape index (κ2) is 7.41. The van der Waals surface area contributed by atoms with Gasteiger partial charge in [-0.05, 0) is 30.3 Å². The number of H-pyrrole nitrogens is 2. The van der Waals surface area contributed by atoms with E-state index in [1.807, 2.05) is 4.90 Å². The van der Waals surface area contributed by atoms with Crippen molar-refractivity contribution in [3.8, 4) is 0 Å². The minimum absolute atomic E-state index is 0.141. The topological polar surface area (TPSA) is 144 Å². The first kappa shape index (κ1) is 19.8. The third kappa shape index (κ3) is 4.10. The van der Waals surface area contributed by atoms with Crippen LogP contribution in [0.2, 0.25) is 0 Å². The highest BCUT2D eigenvalue weighted by Gasteiger charge is 2.24. The van der Waals surface area contributed by atoms with E-state index in [0.717, 1.165) is 17.2 Å². The first-order valence-electron chi connectivity index (χ1n) is 9.33. The van der Waals surface area contributed by atoms with Gasteiger partial charge >= 0.3 is 0 Å². The SMILES string of the molecule is CS(=O)(=O)Nc1ccc2[nH]c(C(=O)N3CCN(c4[nH]c(=O)ccc4N)CC3)cc2c1. The van der Waals surface area contributed by atoms with Crippen LogP contribution in [0, 0.1) is 0 Å². The van der Waals surface area contributed by atoms with E-state index in [1.54, 1.807) is 35.2 Å². The minimum Gasteiger partial charge on any atom is -0.396 e. The fourth-order valence-electron chi connectivity index (χ4n) is 3.57. The number of aromatic nitrogens is 2.